The SMILES string of the molecule is [CH2+]CCCCCCCC#CCCCCCCCCCCC[CH2-]. The van der Waals surface area contributed by atoms with Gasteiger partial charge >= 0.3 is 0 Å². The van der Waals surface area contributed by atoms with Crippen LogP contribution in [-0.4, -0.2) is 0 Å². The first-order valence-electron chi connectivity index (χ1n) is 9.96. The molecule has 0 aromatic heterocycles. The zero-order valence-corrected chi connectivity index (χ0v) is 15.1. The Balaban J connectivity index is 3.06. The molecule has 0 heterocycles. The fourth-order valence-electron chi connectivity index (χ4n) is 2.72. The topological polar surface area (TPSA) is 0 Å². The normalized spacial score (nSPS) is 10.4. The molecule has 0 atom stereocenters. The van der Waals surface area contributed by atoms with Crippen LogP contribution in [0.3, 0.4) is 0 Å². The number of hydrogen-bond donors (Lipinski definition) is 0. The summed E-state index contributed by atoms with van der Waals surface area (Å²) >= 11 is 0. The second kappa shape index (κ2) is 20.4. The number of unbranched alkanes of at least 4 members (excludes halogenated alkanes) is 16. The molecule has 0 N–H and O–H groups in total. The smallest absolute Gasteiger partial charge is 0.0850 e. The van der Waals surface area contributed by atoms with Crippen molar-refractivity contribution in [2.75, 3.05) is 0 Å². The fourth-order valence-corrected chi connectivity index (χ4v) is 2.72. The molecule has 0 aliphatic rings. The number of rotatable bonds is 16. The quantitative estimate of drug-likeness (QED) is 0.156. The van der Waals surface area contributed by atoms with Gasteiger partial charge in [-0.3, -0.25) is 0 Å². The van der Waals surface area contributed by atoms with Crippen LogP contribution in [-0.2, 0) is 0 Å². The molecule has 0 aromatic rings. The third-order valence-electron chi connectivity index (χ3n) is 4.23. The van der Waals surface area contributed by atoms with Gasteiger partial charge in [-0.05, 0) is 25.7 Å². The first kappa shape index (κ1) is 21.4. The van der Waals surface area contributed by atoms with Crippen molar-refractivity contribution in [1.82, 2.24) is 0 Å². The molecule has 128 valence electrons. The summed E-state index contributed by atoms with van der Waals surface area (Å²) in [7, 11) is 0. The van der Waals surface area contributed by atoms with Crippen LogP contribution in [0.2, 0.25) is 0 Å². The molecule has 0 saturated carbocycles. The van der Waals surface area contributed by atoms with E-state index < -0.39 is 0 Å². The van der Waals surface area contributed by atoms with Crippen LogP contribution in [0.15, 0.2) is 0 Å². The van der Waals surface area contributed by atoms with Gasteiger partial charge in [-0.15, -0.1) is 11.8 Å². The molecule has 0 aliphatic heterocycles. The lowest BCUT2D eigenvalue weighted by Gasteiger charge is -2.01. The maximum absolute atomic E-state index is 3.89. The Bertz CT molecular complexity index is 242. The average Bonchev–Trinajstić information content (AvgIpc) is 2.54. The molecule has 0 unspecified atom stereocenters. The van der Waals surface area contributed by atoms with Gasteiger partial charge in [0, 0.05) is 12.8 Å². The summed E-state index contributed by atoms with van der Waals surface area (Å²) in [5, 5.41) is 0. The zero-order valence-electron chi connectivity index (χ0n) is 15.1. The van der Waals surface area contributed by atoms with Crippen molar-refractivity contribution in [3.63, 3.8) is 0 Å². The van der Waals surface area contributed by atoms with Crippen LogP contribution in [0, 0.1) is 25.7 Å². The Morgan fingerprint density at radius 1 is 0.500 bits per heavy atom. The Morgan fingerprint density at radius 3 is 1.27 bits per heavy atom. The van der Waals surface area contributed by atoms with Gasteiger partial charge in [0.25, 0.3) is 0 Å². The van der Waals surface area contributed by atoms with E-state index in [1.165, 1.54) is 89.9 Å². The van der Waals surface area contributed by atoms with Gasteiger partial charge in [-0.2, -0.15) is 6.42 Å². The van der Waals surface area contributed by atoms with Crippen LogP contribution in [0.25, 0.3) is 0 Å². The average molecular weight is 305 g/mol. The Hall–Kier alpha value is -0.570. The molecule has 0 aromatic carbocycles. The van der Waals surface area contributed by atoms with Crippen LogP contribution in [0.1, 0.15) is 116 Å². The summed E-state index contributed by atoms with van der Waals surface area (Å²) in [6, 6.07) is 0. The molecule has 0 rings (SSSR count). The van der Waals surface area contributed by atoms with Gasteiger partial charge in [0.2, 0.25) is 0 Å². The Kier molecular flexibility index (Phi) is 19.9. The van der Waals surface area contributed by atoms with Crippen LogP contribution in [0.4, 0.5) is 0 Å². The first-order chi connectivity index (χ1) is 10.9. The highest BCUT2D eigenvalue weighted by Crippen LogP contribution is 2.11. The van der Waals surface area contributed by atoms with Crippen molar-refractivity contribution in [2.45, 2.75) is 116 Å². The molecule has 0 aliphatic carbocycles. The van der Waals surface area contributed by atoms with E-state index in [-0.39, 0.29) is 0 Å². The van der Waals surface area contributed by atoms with Crippen molar-refractivity contribution >= 4 is 0 Å². The lowest BCUT2D eigenvalue weighted by atomic mass is 10.1. The molecule has 0 heteroatoms. The minimum atomic E-state index is 1.09. The molecular weight excluding hydrogens is 264 g/mol. The summed E-state index contributed by atoms with van der Waals surface area (Å²) in [4.78, 5) is 0. The molecule has 0 spiro atoms. The zero-order chi connectivity index (χ0) is 16.1. The molecule has 0 bridgehead atoms. The minimum Gasteiger partial charge on any atom is -0.343 e. The van der Waals surface area contributed by atoms with E-state index in [0.29, 0.717) is 0 Å². The lowest BCUT2D eigenvalue weighted by molar-refractivity contribution is 0.562. The second-order valence-corrected chi connectivity index (χ2v) is 6.51. The van der Waals surface area contributed by atoms with E-state index in [2.05, 4.69) is 25.7 Å². The summed E-state index contributed by atoms with van der Waals surface area (Å²) in [5.41, 5.74) is 0. The van der Waals surface area contributed by atoms with E-state index in [9.17, 15) is 0 Å². The highest BCUT2D eigenvalue weighted by molar-refractivity contribution is 4.98. The molecule has 0 fully saturated rings. The standard InChI is InChI=1S/C22H40/c1-3-5-7-9-11-13-15-17-19-21-22-20-18-16-14-12-10-8-6-4-2/h1-17,19,21-22H2. The summed E-state index contributed by atoms with van der Waals surface area (Å²) in [6.07, 6.45) is 23.6. The maximum Gasteiger partial charge on any atom is 0.0850 e. The van der Waals surface area contributed by atoms with E-state index in [4.69, 9.17) is 0 Å². The van der Waals surface area contributed by atoms with Crippen LogP contribution in [0.5, 0.6) is 0 Å². The summed E-state index contributed by atoms with van der Waals surface area (Å²) < 4.78 is 0. The van der Waals surface area contributed by atoms with E-state index in [0.717, 1.165) is 25.7 Å². The Morgan fingerprint density at radius 2 is 0.864 bits per heavy atom. The van der Waals surface area contributed by atoms with E-state index in [1.54, 1.807) is 0 Å². The Labute approximate surface area is 141 Å². The lowest BCUT2D eigenvalue weighted by Crippen LogP contribution is -1.81. The van der Waals surface area contributed by atoms with Gasteiger partial charge in [0.05, 0.1) is 13.3 Å². The second-order valence-electron chi connectivity index (χ2n) is 6.51. The minimum absolute atomic E-state index is 1.09. The van der Waals surface area contributed by atoms with Gasteiger partial charge in [-0.25, -0.2) is 0 Å². The van der Waals surface area contributed by atoms with Crippen molar-refractivity contribution in [1.29, 1.82) is 0 Å². The van der Waals surface area contributed by atoms with Crippen molar-refractivity contribution in [3.8, 4) is 11.8 Å². The molecule has 0 radical (unpaired) electrons. The van der Waals surface area contributed by atoms with Crippen molar-refractivity contribution in [2.24, 2.45) is 0 Å². The third-order valence-corrected chi connectivity index (χ3v) is 4.23. The summed E-state index contributed by atoms with van der Waals surface area (Å²) in [5.74, 6) is 6.69. The van der Waals surface area contributed by atoms with Crippen LogP contribution < -0.4 is 0 Å². The third kappa shape index (κ3) is 19.4. The van der Waals surface area contributed by atoms with E-state index >= 15 is 0 Å². The van der Waals surface area contributed by atoms with Crippen LogP contribution >= 0.6 is 0 Å². The molecule has 0 saturated heterocycles. The highest BCUT2D eigenvalue weighted by Gasteiger charge is 1.92. The predicted molar refractivity (Wildman–Crippen MR) is 102 cm³/mol. The molecule has 0 amide bonds. The summed E-state index contributed by atoms with van der Waals surface area (Å²) in [6.45, 7) is 7.76. The molecule has 0 nitrogen and oxygen atoms in total. The predicted octanol–water partition coefficient (Wildman–Crippen LogP) is 7.68. The molecule has 22 heavy (non-hydrogen) atoms. The van der Waals surface area contributed by atoms with E-state index in [1.807, 2.05) is 0 Å². The van der Waals surface area contributed by atoms with Gasteiger partial charge < -0.3 is 6.92 Å². The van der Waals surface area contributed by atoms with Crippen molar-refractivity contribution < 1.29 is 0 Å². The molecular formula is C22H40. The highest BCUT2D eigenvalue weighted by atomic mass is 14.0. The van der Waals surface area contributed by atoms with Gasteiger partial charge in [-0.1, -0.05) is 64.2 Å². The first-order valence-corrected chi connectivity index (χ1v) is 9.96. The maximum atomic E-state index is 3.89. The monoisotopic (exact) mass is 304 g/mol. The number of hydrogen-bond acceptors (Lipinski definition) is 0. The fraction of sp³-hybridized carbons (Fsp3) is 0.818. The largest absolute Gasteiger partial charge is 0.343 e. The van der Waals surface area contributed by atoms with Gasteiger partial charge in [0.15, 0.2) is 0 Å². The van der Waals surface area contributed by atoms with Crippen molar-refractivity contribution in [3.05, 3.63) is 13.8 Å². The van der Waals surface area contributed by atoms with Gasteiger partial charge in [0.1, 0.15) is 0 Å².